The molecule has 1 N–H and O–H groups in total. The van der Waals surface area contributed by atoms with Crippen LogP contribution >= 0.6 is 11.9 Å². The molecule has 2 heterocycles. The highest BCUT2D eigenvalue weighted by Gasteiger charge is 2.40. The largest absolute Gasteiger partial charge is 0.378 e. The molecule has 1 aliphatic carbocycles. The van der Waals surface area contributed by atoms with Crippen LogP contribution in [0.5, 0.6) is 0 Å². The average Bonchev–Trinajstić information content (AvgIpc) is 3.18. The van der Waals surface area contributed by atoms with E-state index >= 15 is 0 Å². The maximum absolute atomic E-state index is 13.9. The molecule has 1 saturated heterocycles. The first kappa shape index (κ1) is 22.2. The molecule has 1 aliphatic heterocycles. The molecule has 0 amide bonds. The van der Waals surface area contributed by atoms with Crippen molar-refractivity contribution in [2.75, 3.05) is 45.3 Å². The van der Waals surface area contributed by atoms with Gasteiger partial charge in [0.2, 0.25) is 0 Å². The van der Waals surface area contributed by atoms with Crippen molar-refractivity contribution in [3.8, 4) is 0 Å². The van der Waals surface area contributed by atoms with Crippen molar-refractivity contribution in [3.63, 3.8) is 0 Å². The molecule has 3 aromatic rings. The summed E-state index contributed by atoms with van der Waals surface area (Å²) in [5, 5.41) is 0.973. The van der Waals surface area contributed by atoms with Gasteiger partial charge in [0.1, 0.15) is 0 Å². The Kier molecular flexibility index (Phi) is 5.59. The van der Waals surface area contributed by atoms with Crippen molar-refractivity contribution >= 4 is 41.0 Å². The number of hydrogen-bond acceptors (Lipinski definition) is 6. The van der Waals surface area contributed by atoms with E-state index in [9.17, 15) is 4.79 Å². The summed E-state index contributed by atoms with van der Waals surface area (Å²) in [6, 6.07) is 10.5. The number of aromatic amines is 1. The van der Waals surface area contributed by atoms with Crippen LogP contribution in [0.3, 0.4) is 0 Å². The smallest absolute Gasteiger partial charge is 0.195 e. The van der Waals surface area contributed by atoms with Crippen LogP contribution < -0.4 is 4.90 Å². The summed E-state index contributed by atoms with van der Waals surface area (Å²) >= 11 is 1.66. The Labute approximate surface area is 199 Å². The predicted octanol–water partition coefficient (Wildman–Crippen LogP) is 4.64. The molecule has 0 radical (unpaired) electrons. The summed E-state index contributed by atoms with van der Waals surface area (Å²) in [5.74, 6) is 0.0919. The lowest BCUT2D eigenvalue weighted by Gasteiger charge is -2.36. The molecule has 172 valence electrons. The second-order valence-corrected chi connectivity index (χ2v) is 10.8. The fourth-order valence-electron chi connectivity index (χ4n) is 5.04. The highest BCUT2D eigenvalue weighted by atomic mass is 32.2. The zero-order valence-electron chi connectivity index (χ0n) is 19.7. The number of aliphatic imine (C=N–C) groups is 1. The molecule has 0 spiro atoms. The molecule has 1 fully saturated rings. The van der Waals surface area contributed by atoms with E-state index in [0.717, 1.165) is 70.0 Å². The molecule has 33 heavy (non-hydrogen) atoms. The number of nitrogens with zero attached hydrogens (tertiary/aromatic N) is 3. The van der Waals surface area contributed by atoms with E-state index in [1.807, 2.05) is 26.2 Å². The van der Waals surface area contributed by atoms with E-state index < -0.39 is 0 Å². The fraction of sp³-hybridized carbons (Fsp3) is 0.385. The molecule has 0 atom stereocenters. The first-order chi connectivity index (χ1) is 15.8. The molecule has 5 rings (SSSR count). The van der Waals surface area contributed by atoms with Crippen molar-refractivity contribution in [1.29, 1.82) is 0 Å². The van der Waals surface area contributed by atoms with Crippen LogP contribution in [0.25, 0.3) is 10.9 Å². The van der Waals surface area contributed by atoms with Crippen molar-refractivity contribution in [1.82, 2.24) is 9.29 Å². The average molecular weight is 463 g/mol. The molecule has 6 nitrogen and oxygen atoms in total. The highest BCUT2D eigenvalue weighted by molar-refractivity contribution is 7.97. The number of rotatable bonds is 5. The van der Waals surface area contributed by atoms with Crippen molar-refractivity contribution < 1.29 is 9.53 Å². The Hall–Kier alpha value is -2.61. The SMILES string of the molecule is C=NCc1ccc2c3c([nH]c2c1)C(C)(C)c1cc(N2CCOCC2)c(SN(C)C)cc1C3=O. The Bertz CT molecular complexity index is 1250. The van der Waals surface area contributed by atoms with E-state index in [-0.39, 0.29) is 11.2 Å². The molecular weight excluding hydrogens is 432 g/mol. The van der Waals surface area contributed by atoms with Gasteiger partial charge in [-0.15, -0.1) is 0 Å². The minimum atomic E-state index is -0.337. The number of H-pyrrole nitrogens is 1. The van der Waals surface area contributed by atoms with Gasteiger partial charge in [-0.1, -0.05) is 26.0 Å². The number of anilines is 1. The van der Waals surface area contributed by atoms with Gasteiger partial charge in [-0.3, -0.25) is 14.1 Å². The molecule has 2 aromatic carbocycles. The summed E-state index contributed by atoms with van der Waals surface area (Å²) < 4.78 is 7.67. The Morgan fingerprint density at radius 1 is 1.21 bits per heavy atom. The lowest BCUT2D eigenvalue weighted by atomic mass is 9.71. The minimum Gasteiger partial charge on any atom is -0.378 e. The monoisotopic (exact) mass is 462 g/mol. The van der Waals surface area contributed by atoms with E-state index in [1.54, 1.807) is 11.9 Å². The summed E-state index contributed by atoms with van der Waals surface area (Å²) in [6.07, 6.45) is 0. The van der Waals surface area contributed by atoms with Crippen molar-refractivity contribution in [2.45, 2.75) is 30.7 Å². The second kappa shape index (κ2) is 8.31. The Morgan fingerprint density at radius 3 is 2.67 bits per heavy atom. The van der Waals surface area contributed by atoms with Gasteiger partial charge in [-0.2, -0.15) is 0 Å². The first-order valence-electron chi connectivity index (χ1n) is 11.3. The zero-order chi connectivity index (χ0) is 23.3. The van der Waals surface area contributed by atoms with E-state index in [0.29, 0.717) is 6.54 Å². The third-order valence-electron chi connectivity index (χ3n) is 6.66. The number of hydrogen-bond donors (Lipinski definition) is 1. The summed E-state index contributed by atoms with van der Waals surface area (Å²) in [5.41, 5.74) is 6.55. The van der Waals surface area contributed by atoms with Crippen molar-refractivity contribution in [3.05, 3.63) is 58.3 Å². The second-order valence-electron chi connectivity index (χ2n) is 9.46. The van der Waals surface area contributed by atoms with Crippen LogP contribution in [0.15, 0.2) is 40.2 Å². The summed E-state index contributed by atoms with van der Waals surface area (Å²) in [4.78, 5) is 25.0. The van der Waals surface area contributed by atoms with Gasteiger partial charge >= 0.3 is 0 Å². The molecule has 7 heteroatoms. The maximum atomic E-state index is 13.9. The normalized spacial score (nSPS) is 17.4. The maximum Gasteiger partial charge on any atom is 0.195 e. The van der Waals surface area contributed by atoms with Gasteiger partial charge < -0.3 is 14.6 Å². The lowest BCUT2D eigenvalue weighted by molar-refractivity contribution is 0.103. The third-order valence-corrected chi connectivity index (χ3v) is 7.55. The molecule has 2 aliphatic rings. The number of carbonyl (C=O) groups is 1. The van der Waals surface area contributed by atoms with E-state index in [1.165, 1.54) is 5.69 Å². The predicted molar refractivity (Wildman–Crippen MR) is 136 cm³/mol. The number of morpholine rings is 1. The van der Waals surface area contributed by atoms with Crippen LogP contribution in [-0.2, 0) is 16.7 Å². The lowest BCUT2D eigenvalue weighted by Crippen LogP contribution is -2.37. The standard InChI is InChI=1S/C26H30N4O2S/c1-26(2)19-14-21(30-8-10-32-11-9-30)22(33-29(4)5)13-18(19)24(31)23-17-7-6-16(15-27-3)12-20(17)28-25(23)26/h6-7,12-14,28H,3,8-11,15H2,1-2,4-5H3. The van der Waals surface area contributed by atoms with Crippen LogP contribution in [0.1, 0.15) is 46.6 Å². The molecule has 0 unspecified atom stereocenters. The quantitative estimate of drug-likeness (QED) is 0.442. The number of benzene rings is 2. The van der Waals surface area contributed by atoms with Gasteiger partial charge in [-0.05, 0) is 62.1 Å². The number of fused-ring (bicyclic) bond motifs is 4. The topological polar surface area (TPSA) is 60.9 Å². The number of ether oxygens (including phenoxy) is 1. The zero-order valence-corrected chi connectivity index (χ0v) is 20.5. The number of carbonyl (C=O) groups excluding carboxylic acids is 1. The number of ketones is 1. The van der Waals surface area contributed by atoms with E-state index in [2.05, 4.69) is 57.9 Å². The summed E-state index contributed by atoms with van der Waals surface area (Å²) in [6.45, 7) is 11.7. The van der Waals surface area contributed by atoms with Gasteiger partial charge in [0.25, 0.3) is 0 Å². The van der Waals surface area contributed by atoms with Gasteiger partial charge in [0, 0.05) is 45.6 Å². The molecule has 0 saturated carbocycles. The van der Waals surface area contributed by atoms with Crippen LogP contribution in [0.2, 0.25) is 0 Å². The molecular formula is C26H30N4O2S. The first-order valence-corrected chi connectivity index (χ1v) is 12.1. The summed E-state index contributed by atoms with van der Waals surface area (Å²) in [7, 11) is 4.07. The van der Waals surface area contributed by atoms with Crippen molar-refractivity contribution in [2.24, 2.45) is 4.99 Å². The third kappa shape index (κ3) is 3.68. The molecule has 1 aromatic heterocycles. The van der Waals surface area contributed by atoms with E-state index in [4.69, 9.17) is 4.74 Å². The Morgan fingerprint density at radius 2 is 1.97 bits per heavy atom. The van der Waals surface area contributed by atoms with Gasteiger partial charge in [0.05, 0.1) is 31.0 Å². The van der Waals surface area contributed by atoms with Gasteiger partial charge in [0.15, 0.2) is 5.78 Å². The van der Waals surface area contributed by atoms with Crippen LogP contribution in [0.4, 0.5) is 5.69 Å². The van der Waals surface area contributed by atoms with Crippen LogP contribution in [0, 0.1) is 0 Å². The van der Waals surface area contributed by atoms with Crippen LogP contribution in [-0.4, -0.2) is 62.2 Å². The minimum absolute atomic E-state index is 0.0919. The Balaban J connectivity index is 1.70. The number of nitrogens with one attached hydrogen (secondary N) is 1. The molecule has 0 bridgehead atoms. The highest BCUT2D eigenvalue weighted by Crippen LogP contribution is 2.47. The number of aromatic nitrogens is 1. The fourth-order valence-corrected chi connectivity index (χ4v) is 5.89. The van der Waals surface area contributed by atoms with Gasteiger partial charge in [-0.25, -0.2) is 0 Å².